The van der Waals surface area contributed by atoms with Crippen LogP contribution in [0.25, 0.3) is 0 Å². The predicted molar refractivity (Wildman–Crippen MR) is 64.5 cm³/mol. The Bertz CT molecular complexity index is 448. The van der Waals surface area contributed by atoms with Gasteiger partial charge >= 0.3 is 11.9 Å². The van der Waals surface area contributed by atoms with Crippen molar-refractivity contribution in [3.63, 3.8) is 0 Å². The summed E-state index contributed by atoms with van der Waals surface area (Å²) >= 11 is 1.30. The molecule has 0 saturated heterocycles. The number of ether oxygens (including phenoxy) is 1. The van der Waals surface area contributed by atoms with Gasteiger partial charge in [-0.3, -0.25) is 14.9 Å². The highest BCUT2D eigenvalue weighted by molar-refractivity contribution is 7.13. The zero-order valence-corrected chi connectivity index (χ0v) is 10.2. The number of carbonyl (C=O) groups is 2. The number of aryl methyl sites for hydroxylation is 1. The summed E-state index contributed by atoms with van der Waals surface area (Å²) in [5.74, 6) is 1.20. The van der Waals surface area contributed by atoms with E-state index >= 15 is 0 Å². The molecule has 0 aromatic carbocycles. The minimum Gasteiger partial charge on any atom is -0.469 e. The molecule has 0 unspecified atom stereocenters. The molecule has 1 N–H and O–H groups in total. The third kappa shape index (κ3) is 4.66. The zero-order valence-electron chi connectivity index (χ0n) is 9.36. The van der Waals surface area contributed by atoms with Crippen LogP contribution in [-0.4, -0.2) is 24.0 Å². The van der Waals surface area contributed by atoms with Gasteiger partial charge in [0.2, 0.25) is 0 Å². The monoisotopic (exact) mass is 252 g/mol. The van der Waals surface area contributed by atoms with E-state index in [0.29, 0.717) is 24.4 Å². The number of hydrogen-bond donors (Lipinski definition) is 1. The van der Waals surface area contributed by atoms with Crippen molar-refractivity contribution >= 4 is 28.3 Å². The maximum atomic E-state index is 10.9. The summed E-state index contributed by atoms with van der Waals surface area (Å²) in [6, 6.07) is 0. The minimum absolute atomic E-state index is 0.235. The van der Waals surface area contributed by atoms with Crippen LogP contribution in [0.4, 0.5) is 5.13 Å². The van der Waals surface area contributed by atoms with Crippen LogP contribution >= 0.6 is 11.3 Å². The fourth-order valence-electron chi connectivity index (χ4n) is 1.13. The van der Waals surface area contributed by atoms with Crippen LogP contribution in [0.3, 0.4) is 0 Å². The predicted octanol–water partition coefficient (Wildman–Crippen LogP) is 1.21. The molecule has 0 aliphatic rings. The molecule has 0 aliphatic heterocycles. The molecule has 1 aromatic rings. The van der Waals surface area contributed by atoms with E-state index in [-0.39, 0.29) is 5.97 Å². The number of nitrogens with one attached hydrogen (secondary N) is 1. The maximum absolute atomic E-state index is 10.9. The summed E-state index contributed by atoms with van der Waals surface area (Å²) in [7, 11) is 1.36. The first kappa shape index (κ1) is 13.2. The van der Waals surface area contributed by atoms with Crippen molar-refractivity contribution in [2.75, 3.05) is 12.4 Å². The van der Waals surface area contributed by atoms with Gasteiger partial charge in [-0.1, -0.05) is 0 Å². The van der Waals surface area contributed by atoms with Crippen molar-refractivity contribution in [3.05, 3.63) is 11.1 Å². The molecule has 1 amide bonds. The van der Waals surface area contributed by atoms with Crippen LogP contribution in [0, 0.1) is 12.3 Å². The molecule has 0 bridgehead atoms. The molecule has 1 rings (SSSR count). The molecular formula is C11H12N2O3S. The van der Waals surface area contributed by atoms with Gasteiger partial charge in [-0.15, -0.1) is 17.8 Å². The number of nitrogens with zero attached hydrogens (tertiary/aromatic N) is 1. The molecule has 0 fully saturated rings. The van der Waals surface area contributed by atoms with Crippen molar-refractivity contribution in [1.29, 1.82) is 0 Å². The third-order valence-electron chi connectivity index (χ3n) is 1.94. The van der Waals surface area contributed by atoms with Crippen molar-refractivity contribution < 1.29 is 14.3 Å². The van der Waals surface area contributed by atoms with Gasteiger partial charge in [-0.05, 0) is 18.8 Å². The summed E-state index contributed by atoms with van der Waals surface area (Å²) in [6.07, 6.45) is 6.61. The maximum Gasteiger partial charge on any atom is 0.305 e. The van der Waals surface area contributed by atoms with Crippen molar-refractivity contribution in [2.45, 2.75) is 19.3 Å². The molecule has 0 radical (unpaired) electrons. The number of esters is 1. The average molecular weight is 252 g/mol. The Kier molecular flexibility index (Phi) is 5.17. The fourth-order valence-corrected chi connectivity index (χ4v) is 1.87. The van der Waals surface area contributed by atoms with Gasteiger partial charge in [-0.2, -0.15) is 0 Å². The quantitative estimate of drug-likeness (QED) is 0.631. The highest BCUT2D eigenvalue weighted by Crippen LogP contribution is 2.16. The molecule has 90 valence electrons. The molecule has 5 nitrogen and oxygen atoms in total. The van der Waals surface area contributed by atoms with E-state index < -0.39 is 5.91 Å². The van der Waals surface area contributed by atoms with Crippen molar-refractivity contribution in [3.8, 4) is 12.3 Å². The largest absolute Gasteiger partial charge is 0.469 e. The number of methoxy groups -OCH3 is 1. The van der Waals surface area contributed by atoms with Crippen LogP contribution in [0.1, 0.15) is 18.5 Å². The fraction of sp³-hybridized carbons (Fsp3) is 0.364. The SMILES string of the molecule is C#CC(=O)Nc1nc(CCCC(=O)OC)cs1. The smallest absolute Gasteiger partial charge is 0.305 e. The van der Waals surface area contributed by atoms with Gasteiger partial charge in [-0.25, -0.2) is 4.98 Å². The summed E-state index contributed by atoms with van der Waals surface area (Å²) < 4.78 is 4.52. The molecule has 0 spiro atoms. The number of rotatable bonds is 5. The highest BCUT2D eigenvalue weighted by atomic mass is 32.1. The molecule has 6 heteroatoms. The number of amides is 1. The van der Waals surface area contributed by atoms with E-state index in [0.717, 1.165) is 5.69 Å². The van der Waals surface area contributed by atoms with Gasteiger partial charge in [0.25, 0.3) is 0 Å². The highest BCUT2D eigenvalue weighted by Gasteiger charge is 2.06. The van der Waals surface area contributed by atoms with Gasteiger partial charge in [0.1, 0.15) is 0 Å². The van der Waals surface area contributed by atoms with Crippen LogP contribution in [0.15, 0.2) is 5.38 Å². The van der Waals surface area contributed by atoms with Crippen LogP contribution in [0.2, 0.25) is 0 Å². The van der Waals surface area contributed by atoms with Crippen LogP contribution in [0.5, 0.6) is 0 Å². The topological polar surface area (TPSA) is 68.3 Å². The summed E-state index contributed by atoms with van der Waals surface area (Å²) in [4.78, 5) is 25.9. The zero-order chi connectivity index (χ0) is 12.7. The second-order valence-corrected chi connectivity index (χ2v) is 4.03. The number of anilines is 1. The number of terminal acetylenes is 1. The summed E-state index contributed by atoms with van der Waals surface area (Å²) in [5, 5.41) is 4.76. The molecule has 0 atom stereocenters. The first-order chi connectivity index (χ1) is 8.15. The second-order valence-electron chi connectivity index (χ2n) is 3.17. The second kappa shape index (κ2) is 6.66. The Morgan fingerprint density at radius 3 is 3.06 bits per heavy atom. The molecule has 1 aromatic heterocycles. The number of aromatic nitrogens is 1. The first-order valence-corrected chi connectivity index (χ1v) is 5.82. The molecule has 0 saturated carbocycles. The van der Waals surface area contributed by atoms with Crippen LogP contribution < -0.4 is 5.32 Å². The van der Waals surface area contributed by atoms with E-state index in [1.807, 2.05) is 11.3 Å². The van der Waals surface area contributed by atoms with Crippen molar-refractivity contribution in [1.82, 2.24) is 4.98 Å². The Balaban J connectivity index is 2.38. The molecule has 0 aliphatic carbocycles. The van der Waals surface area contributed by atoms with Gasteiger partial charge in [0.05, 0.1) is 12.8 Å². The summed E-state index contributed by atoms with van der Waals surface area (Å²) in [6.45, 7) is 0. The lowest BCUT2D eigenvalue weighted by molar-refractivity contribution is -0.140. The lowest BCUT2D eigenvalue weighted by Crippen LogP contribution is -2.07. The van der Waals surface area contributed by atoms with E-state index in [2.05, 4.69) is 15.0 Å². The van der Waals surface area contributed by atoms with Crippen LogP contribution in [-0.2, 0) is 20.7 Å². The Morgan fingerprint density at radius 2 is 2.41 bits per heavy atom. The first-order valence-electron chi connectivity index (χ1n) is 4.94. The van der Waals surface area contributed by atoms with Gasteiger partial charge < -0.3 is 4.74 Å². The molecule has 1 heterocycles. The number of carbonyl (C=O) groups excluding carboxylic acids is 2. The van der Waals surface area contributed by atoms with E-state index in [1.165, 1.54) is 18.4 Å². The van der Waals surface area contributed by atoms with Gasteiger partial charge in [0, 0.05) is 11.8 Å². The third-order valence-corrected chi connectivity index (χ3v) is 2.75. The standard InChI is InChI=1S/C11H12N2O3S/c1-3-9(14)13-11-12-8(7-17-11)5-4-6-10(15)16-2/h1,7H,4-6H2,2H3,(H,12,13,14). The number of hydrogen-bond acceptors (Lipinski definition) is 5. The lowest BCUT2D eigenvalue weighted by Gasteiger charge is -1.97. The minimum atomic E-state index is -0.513. The average Bonchev–Trinajstić information content (AvgIpc) is 2.76. The van der Waals surface area contributed by atoms with Gasteiger partial charge in [0.15, 0.2) is 5.13 Å². The Morgan fingerprint density at radius 1 is 1.65 bits per heavy atom. The molecule has 17 heavy (non-hydrogen) atoms. The van der Waals surface area contributed by atoms with Crippen molar-refractivity contribution in [2.24, 2.45) is 0 Å². The normalized spacial score (nSPS) is 9.41. The summed E-state index contributed by atoms with van der Waals surface area (Å²) in [5.41, 5.74) is 0.825. The van der Waals surface area contributed by atoms with E-state index in [4.69, 9.17) is 6.42 Å². The van der Waals surface area contributed by atoms with E-state index in [9.17, 15) is 9.59 Å². The Labute approximate surface area is 103 Å². The number of thiazole rings is 1. The molecular weight excluding hydrogens is 240 g/mol. The van der Waals surface area contributed by atoms with E-state index in [1.54, 1.807) is 0 Å². The lowest BCUT2D eigenvalue weighted by atomic mass is 10.2. The Hall–Kier alpha value is -1.87.